The molecule has 0 fully saturated rings. The van der Waals surface area contributed by atoms with Crippen LogP contribution in [0.3, 0.4) is 0 Å². The predicted molar refractivity (Wildman–Crippen MR) is 48.6 cm³/mol. The third-order valence-electron chi connectivity index (χ3n) is 1.39. The first-order valence-electron chi connectivity index (χ1n) is 4.21. The van der Waals surface area contributed by atoms with Gasteiger partial charge in [-0.2, -0.15) is 0 Å². The number of hydrogen-bond acceptors (Lipinski definition) is 4. The molecule has 1 amide bonds. The lowest BCUT2D eigenvalue weighted by molar-refractivity contribution is -0.145. The summed E-state index contributed by atoms with van der Waals surface area (Å²) in [5.41, 5.74) is 0. The number of hydrogen-bond donors (Lipinski definition) is 1. The molecule has 0 aliphatic carbocycles. The van der Waals surface area contributed by atoms with E-state index in [0.717, 1.165) is 0 Å². The maximum Gasteiger partial charge on any atom is 0.315 e. The van der Waals surface area contributed by atoms with Crippen LogP contribution in [0.15, 0.2) is 22.8 Å². The molecule has 0 atom stereocenters. The van der Waals surface area contributed by atoms with Crippen LogP contribution >= 0.6 is 0 Å². The molecule has 0 aliphatic heterocycles. The van der Waals surface area contributed by atoms with Crippen LogP contribution < -0.4 is 5.32 Å². The number of nitrogens with one attached hydrogen (secondary N) is 1. The van der Waals surface area contributed by atoms with Crippen LogP contribution in [0, 0.1) is 0 Å². The lowest BCUT2D eigenvalue weighted by Gasteiger charge is -2.01. The summed E-state index contributed by atoms with van der Waals surface area (Å²) >= 11 is 0. The molecule has 76 valence electrons. The van der Waals surface area contributed by atoms with Crippen molar-refractivity contribution in [2.45, 2.75) is 13.3 Å². The van der Waals surface area contributed by atoms with Crippen LogP contribution in [0.5, 0.6) is 0 Å². The highest BCUT2D eigenvalue weighted by Gasteiger charge is 2.10. The van der Waals surface area contributed by atoms with Crippen LogP contribution in [0.2, 0.25) is 0 Å². The van der Waals surface area contributed by atoms with Gasteiger partial charge in [-0.25, -0.2) is 0 Å². The molecule has 0 bridgehead atoms. The molecule has 1 aromatic rings. The van der Waals surface area contributed by atoms with Crippen molar-refractivity contribution in [2.24, 2.45) is 0 Å². The monoisotopic (exact) mass is 197 g/mol. The van der Waals surface area contributed by atoms with Gasteiger partial charge in [-0.3, -0.25) is 14.9 Å². The largest absolute Gasteiger partial charge is 0.466 e. The quantitative estimate of drug-likeness (QED) is 0.581. The first kappa shape index (κ1) is 10.3. The van der Waals surface area contributed by atoms with Crippen molar-refractivity contribution >= 4 is 17.8 Å². The fourth-order valence-corrected chi connectivity index (χ4v) is 0.874. The lowest BCUT2D eigenvalue weighted by Crippen LogP contribution is -2.17. The van der Waals surface area contributed by atoms with Gasteiger partial charge in [0.05, 0.1) is 12.9 Å². The molecule has 5 nitrogen and oxygen atoms in total. The SMILES string of the molecule is CCOC(=O)CC(=O)Nc1ccco1. The summed E-state index contributed by atoms with van der Waals surface area (Å²) < 4.78 is 9.46. The number of anilines is 1. The zero-order valence-corrected chi connectivity index (χ0v) is 7.78. The minimum Gasteiger partial charge on any atom is -0.466 e. The Balaban J connectivity index is 2.33. The molecule has 0 saturated heterocycles. The maximum absolute atomic E-state index is 11.1. The average Bonchev–Trinajstić information content (AvgIpc) is 2.56. The van der Waals surface area contributed by atoms with Crippen molar-refractivity contribution in [3.63, 3.8) is 0 Å². The minimum absolute atomic E-state index is 0.271. The summed E-state index contributed by atoms with van der Waals surface area (Å²) in [6.07, 6.45) is 1.13. The number of ether oxygens (including phenoxy) is 1. The van der Waals surface area contributed by atoms with Crippen LogP contribution in [0.1, 0.15) is 13.3 Å². The highest BCUT2D eigenvalue weighted by molar-refractivity contribution is 6.01. The van der Waals surface area contributed by atoms with Gasteiger partial charge in [0.2, 0.25) is 5.91 Å². The number of carbonyl (C=O) groups is 2. The number of esters is 1. The Hall–Kier alpha value is -1.78. The highest BCUT2D eigenvalue weighted by atomic mass is 16.5. The fourth-order valence-electron chi connectivity index (χ4n) is 0.874. The molecule has 14 heavy (non-hydrogen) atoms. The average molecular weight is 197 g/mol. The summed E-state index contributed by atoms with van der Waals surface area (Å²) in [6.45, 7) is 1.95. The van der Waals surface area contributed by atoms with E-state index >= 15 is 0 Å². The maximum atomic E-state index is 11.1. The molecule has 1 rings (SSSR count). The summed E-state index contributed by atoms with van der Waals surface area (Å²) in [4.78, 5) is 22.0. The topological polar surface area (TPSA) is 68.5 Å². The van der Waals surface area contributed by atoms with Gasteiger partial charge in [0.1, 0.15) is 6.42 Å². The molecule has 1 heterocycles. The molecule has 0 aromatic carbocycles. The zero-order valence-electron chi connectivity index (χ0n) is 7.78. The molecule has 0 unspecified atom stereocenters. The van der Waals surface area contributed by atoms with Gasteiger partial charge in [0, 0.05) is 6.07 Å². The van der Waals surface area contributed by atoms with E-state index in [9.17, 15) is 9.59 Å². The van der Waals surface area contributed by atoms with Gasteiger partial charge < -0.3 is 9.15 Å². The molecule has 0 spiro atoms. The second kappa shape index (κ2) is 5.06. The third-order valence-corrected chi connectivity index (χ3v) is 1.39. The van der Waals surface area contributed by atoms with E-state index in [1.807, 2.05) is 0 Å². The van der Waals surface area contributed by atoms with Gasteiger partial charge in [-0.1, -0.05) is 0 Å². The molecule has 1 aromatic heterocycles. The number of rotatable bonds is 4. The van der Waals surface area contributed by atoms with E-state index in [4.69, 9.17) is 4.42 Å². The third kappa shape index (κ3) is 3.30. The Morgan fingerprint density at radius 3 is 2.93 bits per heavy atom. The minimum atomic E-state index is -0.545. The van der Waals surface area contributed by atoms with Gasteiger partial charge in [-0.05, 0) is 13.0 Å². The Kier molecular flexibility index (Phi) is 3.72. The van der Waals surface area contributed by atoms with E-state index in [0.29, 0.717) is 5.88 Å². The number of furan rings is 1. The molecular formula is C9H11NO4. The lowest BCUT2D eigenvalue weighted by atomic mass is 10.4. The van der Waals surface area contributed by atoms with Crippen molar-refractivity contribution in [3.05, 3.63) is 18.4 Å². The molecule has 0 saturated carbocycles. The second-order valence-corrected chi connectivity index (χ2v) is 2.51. The van der Waals surface area contributed by atoms with Gasteiger partial charge in [0.15, 0.2) is 5.88 Å². The van der Waals surface area contributed by atoms with Crippen LogP contribution in [-0.4, -0.2) is 18.5 Å². The van der Waals surface area contributed by atoms with E-state index in [-0.39, 0.29) is 13.0 Å². The standard InChI is InChI=1S/C9H11NO4/c1-2-13-9(12)6-7(11)10-8-4-3-5-14-8/h3-5H,2,6H2,1H3,(H,10,11). The number of amides is 1. The molecule has 0 radical (unpaired) electrons. The number of carbonyl (C=O) groups excluding carboxylic acids is 2. The van der Waals surface area contributed by atoms with Crippen molar-refractivity contribution in [2.75, 3.05) is 11.9 Å². The fraction of sp³-hybridized carbons (Fsp3) is 0.333. The highest BCUT2D eigenvalue weighted by Crippen LogP contribution is 2.06. The molecule has 0 aliphatic rings. The Morgan fingerprint density at radius 1 is 1.57 bits per heavy atom. The van der Waals surface area contributed by atoms with Gasteiger partial charge >= 0.3 is 5.97 Å². The Bertz CT molecular complexity index is 305. The van der Waals surface area contributed by atoms with Gasteiger partial charge in [0.25, 0.3) is 0 Å². The molecule has 1 N–H and O–H groups in total. The van der Waals surface area contributed by atoms with Crippen molar-refractivity contribution in [1.29, 1.82) is 0 Å². The van der Waals surface area contributed by atoms with Crippen molar-refractivity contribution in [1.82, 2.24) is 0 Å². The summed E-state index contributed by atoms with van der Waals surface area (Å²) in [6, 6.07) is 3.23. The van der Waals surface area contributed by atoms with E-state index in [1.165, 1.54) is 6.26 Å². The van der Waals surface area contributed by atoms with Crippen molar-refractivity contribution in [3.8, 4) is 0 Å². The van der Waals surface area contributed by atoms with Gasteiger partial charge in [-0.15, -0.1) is 0 Å². The second-order valence-electron chi connectivity index (χ2n) is 2.51. The predicted octanol–water partition coefficient (Wildman–Crippen LogP) is 1.17. The van der Waals surface area contributed by atoms with Crippen LogP contribution in [0.4, 0.5) is 5.88 Å². The first-order valence-corrected chi connectivity index (χ1v) is 4.21. The zero-order chi connectivity index (χ0) is 10.4. The van der Waals surface area contributed by atoms with E-state index < -0.39 is 11.9 Å². The first-order chi connectivity index (χ1) is 6.72. The Labute approximate surface area is 81.0 Å². The van der Waals surface area contributed by atoms with Crippen LogP contribution in [0.25, 0.3) is 0 Å². The Morgan fingerprint density at radius 2 is 2.36 bits per heavy atom. The smallest absolute Gasteiger partial charge is 0.315 e. The normalized spacial score (nSPS) is 9.50. The van der Waals surface area contributed by atoms with Crippen molar-refractivity contribution < 1.29 is 18.7 Å². The van der Waals surface area contributed by atoms with E-state index in [2.05, 4.69) is 10.1 Å². The van der Waals surface area contributed by atoms with E-state index in [1.54, 1.807) is 19.1 Å². The summed E-state index contributed by atoms with van der Waals surface area (Å²) in [5.74, 6) is -0.672. The summed E-state index contributed by atoms with van der Waals surface area (Å²) in [5, 5.41) is 2.40. The van der Waals surface area contributed by atoms with Crippen LogP contribution in [-0.2, 0) is 14.3 Å². The summed E-state index contributed by atoms with van der Waals surface area (Å²) in [7, 11) is 0. The molecular weight excluding hydrogens is 186 g/mol. The molecule has 5 heteroatoms.